The third-order valence-corrected chi connectivity index (χ3v) is 9.36. The molecule has 0 N–H and O–H groups in total. The van der Waals surface area contributed by atoms with Crippen LogP contribution < -0.4 is 0 Å². The largest absolute Gasteiger partial charge is 0.300 e. The van der Waals surface area contributed by atoms with Crippen LogP contribution in [0.3, 0.4) is 0 Å². The maximum atomic E-state index is 13.6. The van der Waals surface area contributed by atoms with Gasteiger partial charge < -0.3 is 4.90 Å². The van der Waals surface area contributed by atoms with Crippen molar-refractivity contribution in [2.75, 3.05) is 13.1 Å². The van der Waals surface area contributed by atoms with Gasteiger partial charge in [0.25, 0.3) is 0 Å². The minimum atomic E-state index is -3.54. The number of nitrogens with zero attached hydrogens (tertiary/aromatic N) is 5. The molecule has 8 heteroatoms. The lowest BCUT2D eigenvalue weighted by Gasteiger charge is -2.44. The van der Waals surface area contributed by atoms with E-state index in [9.17, 15) is 8.42 Å². The number of hydrogen-bond acceptors (Lipinski definition) is 5. The summed E-state index contributed by atoms with van der Waals surface area (Å²) in [5, 5.41) is 5.19. The Balaban J connectivity index is 1.40. The zero-order chi connectivity index (χ0) is 20.3. The molecule has 2 unspecified atom stereocenters. The average Bonchev–Trinajstić information content (AvgIpc) is 3.15. The van der Waals surface area contributed by atoms with Crippen molar-refractivity contribution in [2.45, 2.75) is 75.4 Å². The predicted octanol–water partition coefficient (Wildman–Crippen LogP) is 2.69. The zero-order valence-corrected chi connectivity index (χ0v) is 18.4. The van der Waals surface area contributed by atoms with E-state index >= 15 is 0 Å². The fourth-order valence-electron chi connectivity index (χ4n) is 5.74. The van der Waals surface area contributed by atoms with E-state index in [1.807, 2.05) is 18.3 Å². The van der Waals surface area contributed by atoms with Crippen molar-refractivity contribution in [1.82, 2.24) is 24.0 Å². The molecule has 158 valence electrons. The van der Waals surface area contributed by atoms with E-state index in [4.69, 9.17) is 0 Å². The van der Waals surface area contributed by atoms with Gasteiger partial charge in [-0.25, -0.2) is 13.4 Å². The Morgan fingerprint density at radius 1 is 1.03 bits per heavy atom. The molecular formula is C21H31N5O2S. The molecule has 3 fully saturated rings. The van der Waals surface area contributed by atoms with E-state index in [1.165, 1.54) is 32.1 Å². The van der Waals surface area contributed by atoms with Crippen molar-refractivity contribution in [1.29, 1.82) is 0 Å². The van der Waals surface area contributed by atoms with Crippen LogP contribution in [0.15, 0.2) is 17.2 Å². The van der Waals surface area contributed by atoms with Crippen LogP contribution in [0.1, 0.15) is 51.1 Å². The summed E-state index contributed by atoms with van der Waals surface area (Å²) in [6.07, 6.45) is 7.93. The fourth-order valence-corrected chi connectivity index (χ4v) is 7.61. The van der Waals surface area contributed by atoms with Gasteiger partial charge in [-0.05, 0) is 70.5 Å². The van der Waals surface area contributed by atoms with Gasteiger partial charge in [0.2, 0.25) is 10.0 Å². The first-order chi connectivity index (χ1) is 13.8. The Morgan fingerprint density at radius 3 is 2.34 bits per heavy atom. The summed E-state index contributed by atoms with van der Waals surface area (Å²) in [6.45, 7) is 6.57. The second kappa shape index (κ2) is 7.03. The summed E-state index contributed by atoms with van der Waals surface area (Å²) >= 11 is 0. The van der Waals surface area contributed by atoms with E-state index in [1.54, 1.807) is 10.7 Å². The Kier molecular flexibility index (Phi) is 4.71. The maximum Gasteiger partial charge on any atom is 0.245 e. The SMILES string of the molecule is Cc1nn(C)c2ncc(S(=O)(=O)N3C4CCC3CC(N3CCC(C)CC3)C4)cc12. The third-order valence-electron chi connectivity index (χ3n) is 7.39. The van der Waals surface area contributed by atoms with Crippen LogP contribution in [-0.2, 0) is 17.1 Å². The van der Waals surface area contributed by atoms with Gasteiger partial charge in [-0.15, -0.1) is 0 Å². The molecule has 0 aromatic carbocycles. The second-order valence-electron chi connectivity index (χ2n) is 9.31. The van der Waals surface area contributed by atoms with Gasteiger partial charge in [0.05, 0.1) is 5.69 Å². The van der Waals surface area contributed by atoms with Crippen molar-refractivity contribution in [2.24, 2.45) is 13.0 Å². The summed E-state index contributed by atoms with van der Waals surface area (Å²) < 4.78 is 30.7. The van der Waals surface area contributed by atoms with Gasteiger partial charge in [-0.1, -0.05) is 6.92 Å². The number of fused-ring (bicyclic) bond motifs is 3. The first kappa shape index (κ1) is 19.5. The molecule has 29 heavy (non-hydrogen) atoms. The molecule has 3 aliphatic heterocycles. The van der Waals surface area contributed by atoms with E-state index in [0.29, 0.717) is 10.9 Å². The fraction of sp³-hybridized carbons (Fsp3) is 0.714. The summed E-state index contributed by atoms with van der Waals surface area (Å²) in [4.78, 5) is 7.35. The Hall–Kier alpha value is -1.51. The maximum absolute atomic E-state index is 13.6. The molecule has 0 saturated carbocycles. The van der Waals surface area contributed by atoms with Crippen molar-refractivity contribution >= 4 is 21.1 Å². The standard InChI is InChI=1S/C21H31N5O2S/c1-14-6-8-25(9-7-14)18-10-16-4-5-17(11-18)26(16)29(27,28)19-12-20-15(2)23-24(3)21(20)22-13-19/h12-14,16-18H,4-11H2,1-3H3. The normalized spacial score (nSPS) is 29.7. The summed E-state index contributed by atoms with van der Waals surface area (Å²) in [7, 11) is -1.71. The number of sulfonamides is 1. The molecule has 5 rings (SSSR count). The van der Waals surface area contributed by atoms with Crippen LogP contribution in [0.2, 0.25) is 0 Å². The topological polar surface area (TPSA) is 71.3 Å². The quantitative estimate of drug-likeness (QED) is 0.768. The number of aryl methyl sites for hydroxylation is 2. The predicted molar refractivity (Wildman–Crippen MR) is 112 cm³/mol. The monoisotopic (exact) mass is 417 g/mol. The molecular weight excluding hydrogens is 386 g/mol. The molecule has 2 aromatic rings. The van der Waals surface area contributed by atoms with E-state index in [0.717, 1.165) is 48.3 Å². The molecule has 5 heterocycles. The van der Waals surface area contributed by atoms with Crippen molar-refractivity contribution in [3.63, 3.8) is 0 Å². The minimum Gasteiger partial charge on any atom is -0.300 e. The van der Waals surface area contributed by atoms with Gasteiger partial charge in [0.15, 0.2) is 5.65 Å². The lowest BCUT2D eigenvalue weighted by atomic mass is 9.93. The van der Waals surface area contributed by atoms with Crippen LogP contribution in [0, 0.1) is 12.8 Å². The highest BCUT2D eigenvalue weighted by Crippen LogP contribution is 2.42. The number of likely N-dealkylation sites (tertiary alicyclic amines) is 1. The molecule has 3 saturated heterocycles. The molecule has 7 nitrogen and oxygen atoms in total. The van der Waals surface area contributed by atoms with Gasteiger partial charge >= 0.3 is 0 Å². The highest BCUT2D eigenvalue weighted by Gasteiger charge is 2.48. The van der Waals surface area contributed by atoms with Gasteiger partial charge in [-0.3, -0.25) is 4.68 Å². The highest BCUT2D eigenvalue weighted by molar-refractivity contribution is 7.89. The number of piperidine rings is 2. The third kappa shape index (κ3) is 3.20. The number of rotatable bonds is 3. The smallest absolute Gasteiger partial charge is 0.245 e. The van der Waals surface area contributed by atoms with Crippen LogP contribution in [0.4, 0.5) is 0 Å². The Morgan fingerprint density at radius 2 is 1.69 bits per heavy atom. The van der Waals surface area contributed by atoms with Gasteiger partial charge in [-0.2, -0.15) is 9.40 Å². The van der Waals surface area contributed by atoms with E-state index in [2.05, 4.69) is 21.9 Å². The number of aromatic nitrogens is 3. The van der Waals surface area contributed by atoms with Crippen LogP contribution in [0.25, 0.3) is 11.0 Å². The van der Waals surface area contributed by atoms with Gasteiger partial charge in [0, 0.05) is 36.8 Å². The van der Waals surface area contributed by atoms with Crippen LogP contribution in [0.5, 0.6) is 0 Å². The Bertz CT molecular complexity index is 1010. The summed E-state index contributed by atoms with van der Waals surface area (Å²) in [6, 6.07) is 2.53. The molecule has 2 atom stereocenters. The molecule has 0 spiro atoms. The van der Waals surface area contributed by atoms with Crippen molar-refractivity contribution in [3.8, 4) is 0 Å². The zero-order valence-electron chi connectivity index (χ0n) is 17.6. The van der Waals surface area contributed by atoms with Crippen molar-refractivity contribution < 1.29 is 8.42 Å². The highest BCUT2D eigenvalue weighted by atomic mass is 32.2. The molecule has 0 amide bonds. The molecule has 2 aromatic heterocycles. The van der Waals surface area contributed by atoms with Crippen LogP contribution >= 0.6 is 0 Å². The molecule has 2 bridgehead atoms. The molecule has 0 radical (unpaired) electrons. The lowest BCUT2D eigenvalue weighted by molar-refractivity contribution is 0.0759. The van der Waals surface area contributed by atoms with E-state index in [-0.39, 0.29) is 12.1 Å². The average molecular weight is 418 g/mol. The van der Waals surface area contributed by atoms with Crippen LogP contribution in [-0.4, -0.2) is 63.6 Å². The first-order valence-corrected chi connectivity index (χ1v) is 12.4. The summed E-state index contributed by atoms with van der Waals surface area (Å²) in [5.41, 5.74) is 1.54. The number of pyridine rings is 1. The Labute approximate surface area is 173 Å². The van der Waals surface area contributed by atoms with Gasteiger partial charge in [0.1, 0.15) is 4.90 Å². The first-order valence-electron chi connectivity index (χ1n) is 10.9. The number of hydrogen-bond donors (Lipinski definition) is 0. The minimum absolute atomic E-state index is 0.119. The van der Waals surface area contributed by atoms with E-state index < -0.39 is 10.0 Å². The molecule has 0 aliphatic carbocycles. The van der Waals surface area contributed by atoms with Crippen molar-refractivity contribution in [3.05, 3.63) is 18.0 Å². The second-order valence-corrected chi connectivity index (χ2v) is 11.2. The molecule has 3 aliphatic rings. The lowest BCUT2D eigenvalue weighted by Crippen LogP contribution is -2.53. The summed E-state index contributed by atoms with van der Waals surface area (Å²) in [5.74, 6) is 0.821.